The van der Waals surface area contributed by atoms with Gasteiger partial charge in [-0.25, -0.2) is 0 Å². The molecule has 0 aliphatic rings. The van der Waals surface area contributed by atoms with Gasteiger partial charge in [-0.1, -0.05) is 30.7 Å². The molecule has 0 unspecified atom stereocenters. The molecule has 1 N–H and O–H groups in total. The van der Waals surface area contributed by atoms with Crippen molar-refractivity contribution < 1.29 is 9.47 Å². The third-order valence-electron chi connectivity index (χ3n) is 3.40. The van der Waals surface area contributed by atoms with E-state index in [0.29, 0.717) is 18.2 Å². The van der Waals surface area contributed by atoms with Gasteiger partial charge in [0.05, 0.1) is 11.1 Å². The van der Waals surface area contributed by atoms with Gasteiger partial charge in [0.15, 0.2) is 11.5 Å². The van der Waals surface area contributed by atoms with Crippen LogP contribution in [0.4, 0.5) is 0 Å². The Morgan fingerprint density at radius 1 is 1.08 bits per heavy atom. The van der Waals surface area contributed by atoms with E-state index in [9.17, 15) is 0 Å². The molecule has 0 aliphatic heterocycles. The Balaban J connectivity index is 2.14. The highest BCUT2D eigenvalue weighted by atomic mass is 79.9. The zero-order chi connectivity index (χ0) is 17.4. The Labute approximate surface area is 157 Å². The Morgan fingerprint density at radius 3 is 2.62 bits per heavy atom. The average molecular weight is 413 g/mol. The zero-order valence-electron chi connectivity index (χ0n) is 14.1. The minimum Gasteiger partial charge on any atom is -0.490 e. The van der Waals surface area contributed by atoms with Crippen molar-refractivity contribution in [3.63, 3.8) is 0 Å². The fraction of sp³-hybridized carbons (Fsp3) is 0.368. The fourth-order valence-corrected chi connectivity index (χ4v) is 3.13. The Bertz CT molecular complexity index is 664. The number of rotatable bonds is 9. The van der Waals surface area contributed by atoms with Gasteiger partial charge in [0.1, 0.15) is 6.61 Å². The number of benzene rings is 2. The van der Waals surface area contributed by atoms with Crippen LogP contribution >= 0.6 is 27.5 Å². The second-order valence-electron chi connectivity index (χ2n) is 5.43. The summed E-state index contributed by atoms with van der Waals surface area (Å²) in [5.74, 6) is 1.47. The van der Waals surface area contributed by atoms with E-state index in [1.165, 1.54) is 0 Å². The van der Waals surface area contributed by atoms with Crippen LogP contribution in [0, 0.1) is 0 Å². The number of ether oxygens (including phenoxy) is 2. The van der Waals surface area contributed by atoms with Crippen molar-refractivity contribution in [1.29, 1.82) is 0 Å². The first-order valence-corrected chi connectivity index (χ1v) is 9.34. The van der Waals surface area contributed by atoms with E-state index in [1.807, 2.05) is 37.3 Å². The minimum atomic E-state index is 0.437. The smallest absolute Gasteiger partial charge is 0.175 e. The van der Waals surface area contributed by atoms with Gasteiger partial charge in [-0.05, 0) is 71.2 Å². The lowest BCUT2D eigenvalue weighted by molar-refractivity contribution is 0.267. The van der Waals surface area contributed by atoms with Crippen LogP contribution in [-0.4, -0.2) is 13.2 Å². The van der Waals surface area contributed by atoms with Crippen LogP contribution < -0.4 is 14.8 Å². The largest absolute Gasteiger partial charge is 0.490 e. The monoisotopic (exact) mass is 411 g/mol. The van der Waals surface area contributed by atoms with Crippen LogP contribution in [0.15, 0.2) is 40.9 Å². The van der Waals surface area contributed by atoms with Crippen LogP contribution in [0.3, 0.4) is 0 Å². The summed E-state index contributed by atoms with van der Waals surface area (Å²) in [6.45, 7) is 6.95. The molecule has 0 radical (unpaired) electrons. The standard InChI is InChI=1S/C19H23BrClNO2/c1-3-8-22-12-15-10-17(20)19(18(11-15)23-4-2)24-13-14-6-5-7-16(21)9-14/h5-7,9-11,22H,3-4,8,12-13H2,1-2H3. The molecule has 0 fully saturated rings. The predicted molar refractivity (Wildman–Crippen MR) is 103 cm³/mol. The molecule has 0 amide bonds. The summed E-state index contributed by atoms with van der Waals surface area (Å²) in [6.07, 6.45) is 1.11. The van der Waals surface area contributed by atoms with Crippen LogP contribution in [0.2, 0.25) is 5.02 Å². The first-order chi connectivity index (χ1) is 11.6. The summed E-state index contributed by atoms with van der Waals surface area (Å²) < 4.78 is 12.7. The third-order valence-corrected chi connectivity index (χ3v) is 4.22. The summed E-state index contributed by atoms with van der Waals surface area (Å²) in [5.41, 5.74) is 2.18. The van der Waals surface area contributed by atoms with Gasteiger partial charge in [0.25, 0.3) is 0 Å². The molecule has 24 heavy (non-hydrogen) atoms. The molecule has 0 spiro atoms. The van der Waals surface area contributed by atoms with Gasteiger partial charge in [0, 0.05) is 11.6 Å². The van der Waals surface area contributed by atoms with Crippen molar-refractivity contribution in [2.75, 3.05) is 13.2 Å². The Morgan fingerprint density at radius 2 is 1.92 bits per heavy atom. The molecule has 5 heteroatoms. The Kier molecular flexibility index (Phi) is 7.89. The molecule has 0 saturated carbocycles. The highest BCUT2D eigenvalue weighted by molar-refractivity contribution is 9.10. The number of hydrogen-bond donors (Lipinski definition) is 1. The first kappa shape index (κ1) is 19.1. The molecule has 2 aromatic rings. The average Bonchev–Trinajstić information content (AvgIpc) is 2.55. The van der Waals surface area contributed by atoms with Gasteiger partial charge in [-0.3, -0.25) is 0 Å². The topological polar surface area (TPSA) is 30.5 Å². The van der Waals surface area contributed by atoms with E-state index in [4.69, 9.17) is 21.1 Å². The third kappa shape index (κ3) is 5.69. The summed E-state index contributed by atoms with van der Waals surface area (Å²) in [5, 5.41) is 4.11. The number of halogens is 2. The van der Waals surface area contributed by atoms with Crippen molar-refractivity contribution in [2.45, 2.75) is 33.4 Å². The van der Waals surface area contributed by atoms with Gasteiger partial charge in [0.2, 0.25) is 0 Å². The maximum absolute atomic E-state index is 6.02. The SMILES string of the molecule is CCCNCc1cc(Br)c(OCc2cccc(Cl)c2)c(OCC)c1. The lowest BCUT2D eigenvalue weighted by Gasteiger charge is -2.16. The van der Waals surface area contributed by atoms with Gasteiger partial charge < -0.3 is 14.8 Å². The molecule has 3 nitrogen and oxygen atoms in total. The second-order valence-corrected chi connectivity index (χ2v) is 6.72. The summed E-state index contributed by atoms with van der Waals surface area (Å²) >= 11 is 9.63. The van der Waals surface area contributed by atoms with Crippen LogP contribution in [0.5, 0.6) is 11.5 Å². The molecule has 0 bridgehead atoms. The van der Waals surface area contributed by atoms with E-state index >= 15 is 0 Å². The molecule has 0 saturated heterocycles. The van der Waals surface area contributed by atoms with Crippen molar-refractivity contribution in [3.05, 3.63) is 57.0 Å². The summed E-state index contributed by atoms with van der Waals surface area (Å²) in [7, 11) is 0. The molecule has 0 aromatic heterocycles. The minimum absolute atomic E-state index is 0.437. The molecule has 130 valence electrons. The van der Waals surface area contributed by atoms with E-state index in [-0.39, 0.29) is 0 Å². The van der Waals surface area contributed by atoms with Crippen molar-refractivity contribution in [3.8, 4) is 11.5 Å². The maximum atomic E-state index is 6.02. The number of hydrogen-bond acceptors (Lipinski definition) is 3. The second kappa shape index (κ2) is 9.92. The quantitative estimate of drug-likeness (QED) is 0.545. The van der Waals surface area contributed by atoms with Gasteiger partial charge in [-0.2, -0.15) is 0 Å². The highest BCUT2D eigenvalue weighted by Crippen LogP contribution is 2.37. The van der Waals surface area contributed by atoms with Crippen LogP contribution in [-0.2, 0) is 13.2 Å². The molecule has 2 aromatic carbocycles. The van der Waals surface area contributed by atoms with Gasteiger partial charge in [-0.15, -0.1) is 0 Å². The van der Waals surface area contributed by atoms with Gasteiger partial charge >= 0.3 is 0 Å². The van der Waals surface area contributed by atoms with E-state index in [2.05, 4.69) is 34.2 Å². The summed E-state index contributed by atoms with van der Waals surface area (Å²) in [4.78, 5) is 0. The maximum Gasteiger partial charge on any atom is 0.175 e. The number of nitrogens with one attached hydrogen (secondary N) is 1. The lowest BCUT2D eigenvalue weighted by Crippen LogP contribution is -2.14. The molecule has 0 atom stereocenters. The summed E-state index contributed by atoms with van der Waals surface area (Å²) in [6, 6.07) is 11.8. The first-order valence-electron chi connectivity index (χ1n) is 8.17. The van der Waals surface area contributed by atoms with Crippen molar-refractivity contribution in [2.24, 2.45) is 0 Å². The fourth-order valence-electron chi connectivity index (χ4n) is 2.32. The van der Waals surface area contributed by atoms with Crippen LogP contribution in [0.25, 0.3) is 0 Å². The van der Waals surface area contributed by atoms with E-state index in [1.54, 1.807) is 0 Å². The highest BCUT2D eigenvalue weighted by Gasteiger charge is 2.12. The Hall–Kier alpha value is -1.23. The van der Waals surface area contributed by atoms with Crippen molar-refractivity contribution in [1.82, 2.24) is 5.32 Å². The lowest BCUT2D eigenvalue weighted by atomic mass is 10.2. The zero-order valence-corrected chi connectivity index (χ0v) is 16.4. The molecular formula is C19H23BrClNO2. The molecule has 2 rings (SSSR count). The van der Waals surface area contributed by atoms with Crippen molar-refractivity contribution >= 4 is 27.5 Å². The molecule has 0 heterocycles. The normalized spacial score (nSPS) is 10.7. The van der Waals surface area contributed by atoms with E-state index in [0.717, 1.165) is 46.6 Å². The molecule has 0 aliphatic carbocycles. The van der Waals surface area contributed by atoms with E-state index < -0.39 is 0 Å². The molecular weight excluding hydrogens is 390 g/mol. The predicted octanol–water partition coefficient (Wildman–Crippen LogP) is 5.58. The van der Waals surface area contributed by atoms with Crippen LogP contribution in [0.1, 0.15) is 31.4 Å².